The molecule has 4 heteroatoms. The van der Waals surface area contributed by atoms with Gasteiger partial charge >= 0.3 is 0 Å². The van der Waals surface area contributed by atoms with Crippen molar-refractivity contribution in [2.24, 2.45) is 0 Å². The first-order valence-corrected chi connectivity index (χ1v) is 6.49. The van der Waals surface area contributed by atoms with Gasteiger partial charge in [-0.2, -0.15) is 0 Å². The van der Waals surface area contributed by atoms with Crippen LogP contribution in [0.15, 0.2) is 18.2 Å². The van der Waals surface area contributed by atoms with E-state index in [0.717, 1.165) is 37.3 Å². The molecule has 1 aromatic carbocycles. The number of halogens is 2. The predicted octanol–water partition coefficient (Wildman–Crippen LogP) is 2.44. The summed E-state index contributed by atoms with van der Waals surface area (Å²) in [6.07, 6.45) is 0.435. The Kier molecular flexibility index (Phi) is 4.66. The van der Waals surface area contributed by atoms with Crippen molar-refractivity contribution in [2.45, 2.75) is 19.4 Å². The van der Waals surface area contributed by atoms with E-state index < -0.39 is 0 Å². The van der Waals surface area contributed by atoms with E-state index >= 15 is 0 Å². The highest BCUT2D eigenvalue weighted by Crippen LogP contribution is 2.28. The summed E-state index contributed by atoms with van der Waals surface area (Å²) in [5.74, 6) is -0.241. The maximum Gasteiger partial charge on any atom is 0.123 e. The van der Waals surface area contributed by atoms with Gasteiger partial charge in [0.05, 0.1) is 6.67 Å². The molecule has 2 nitrogen and oxygen atoms in total. The highest BCUT2D eigenvalue weighted by molar-refractivity contribution is 5.29. The van der Waals surface area contributed by atoms with Gasteiger partial charge in [-0.3, -0.25) is 9.29 Å². The van der Waals surface area contributed by atoms with Gasteiger partial charge in [0.1, 0.15) is 5.82 Å². The van der Waals surface area contributed by atoms with Crippen LogP contribution in [0.2, 0.25) is 0 Å². The lowest BCUT2D eigenvalue weighted by Crippen LogP contribution is -2.45. The van der Waals surface area contributed by atoms with E-state index in [1.807, 2.05) is 6.92 Å². The Bertz CT molecular complexity index is 389. The highest BCUT2D eigenvalue weighted by atomic mass is 19.1. The summed E-state index contributed by atoms with van der Waals surface area (Å²) < 4.78 is 26.2. The second kappa shape index (κ2) is 6.25. The zero-order valence-corrected chi connectivity index (χ0v) is 10.8. The first-order valence-electron chi connectivity index (χ1n) is 6.49. The van der Waals surface area contributed by atoms with Gasteiger partial charge in [-0.1, -0.05) is 6.07 Å². The number of piperazine rings is 1. The van der Waals surface area contributed by atoms with Crippen molar-refractivity contribution in [1.82, 2.24) is 10.2 Å². The van der Waals surface area contributed by atoms with Crippen LogP contribution in [0.3, 0.4) is 0 Å². The van der Waals surface area contributed by atoms with Gasteiger partial charge in [0.25, 0.3) is 0 Å². The topological polar surface area (TPSA) is 15.3 Å². The zero-order valence-electron chi connectivity index (χ0n) is 10.8. The van der Waals surface area contributed by atoms with Crippen molar-refractivity contribution in [3.05, 3.63) is 35.1 Å². The minimum atomic E-state index is -0.370. The normalized spacial score (nSPS) is 18.8. The second-order valence-electron chi connectivity index (χ2n) is 4.78. The molecular formula is C14H20F2N2. The van der Waals surface area contributed by atoms with Crippen molar-refractivity contribution in [3.8, 4) is 0 Å². The molecule has 0 bridgehead atoms. The van der Waals surface area contributed by atoms with E-state index in [9.17, 15) is 8.78 Å². The average Bonchev–Trinajstić information content (AvgIpc) is 2.40. The fourth-order valence-electron chi connectivity index (χ4n) is 2.60. The SMILES string of the molecule is Cc1ccc(F)cc1[C@H](CCF)N1CCNCC1. The van der Waals surface area contributed by atoms with Gasteiger partial charge in [-0.15, -0.1) is 0 Å². The van der Waals surface area contributed by atoms with Gasteiger partial charge in [-0.25, -0.2) is 4.39 Å². The van der Waals surface area contributed by atoms with Crippen LogP contribution in [0.1, 0.15) is 23.6 Å². The van der Waals surface area contributed by atoms with Gasteiger partial charge in [0, 0.05) is 32.2 Å². The number of hydrogen-bond acceptors (Lipinski definition) is 2. The summed E-state index contributed by atoms with van der Waals surface area (Å²) >= 11 is 0. The van der Waals surface area contributed by atoms with Crippen LogP contribution in [-0.4, -0.2) is 37.8 Å². The Labute approximate surface area is 107 Å². The van der Waals surface area contributed by atoms with Crippen molar-refractivity contribution in [2.75, 3.05) is 32.9 Å². The molecule has 0 spiro atoms. The molecule has 0 aliphatic carbocycles. The minimum absolute atomic E-state index is 0.00667. The quantitative estimate of drug-likeness (QED) is 0.888. The molecule has 1 saturated heterocycles. The van der Waals surface area contributed by atoms with Crippen LogP contribution in [0.25, 0.3) is 0 Å². The van der Waals surface area contributed by atoms with Crippen molar-refractivity contribution < 1.29 is 8.78 Å². The third kappa shape index (κ3) is 3.06. The number of aryl methyl sites for hydroxylation is 1. The Balaban J connectivity index is 2.24. The molecule has 1 aliphatic rings. The maximum atomic E-state index is 13.4. The smallest absolute Gasteiger partial charge is 0.123 e. The van der Waals surface area contributed by atoms with Crippen LogP contribution in [0.5, 0.6) is 0 Å². The molecule has 2 rings (SSSR count). The summed E-state index contributed by atoms with van der Waals surface area (Å²) in [6, 6.07) is 4.78. The summed E-state index contributed by atoms with van der Waals surface area (Å²) in [5.41, 5.74) is 1.96. The molecule has 0 radical (unpaired) electrons. The number of rotatable bonds is 4. The second-order valence-corrected chi connectivity index (χ2v) is 4.78. The summed E-state index contributed by atoms with van der Waals surface area (Å²) in [7, 11) is 0. The van der Waals surface area contributed by atoms with Crippen LogP contribution in [0, 0.1) is 12.7 Å². The van der Waals surface area contributed by atoms with Crippen molar-refractivity contribution >= 4 is 0 Å². The zero-order chi connectivity index (χ0) is 13.0. The average molecular weight is 254 g/mol. The predicted molar refractivity (Wildman–Crippen MR) is 68.9 cm³/mol. The minimum Gasteiger partial charge on any atom is -0.314 e. The van der Waals surface area contributed by atoms with E-state index in [-0.39, 0.29) is 18.5 Å². The van der Waals surface area contributed by atoms with Crippen molar-refractivity contribution in [1.29, 1.82) is 0 Å². The number of benzene rings is 1. The standard InChI is InChI=1S/C14H20F2N2/c1-11-2-3-12(16)10-13(11)14(4-5-15)18-8-6-17-7-9-18/h2-3,10,14,17H,4-9H2,1H3/t14-/m0/s1. The fourth-order valence-corrected chi connectivity index (χ4v) is 2.60. The molecule has 1 fully saturated rings. The lowest BCUT2D eigenvalue weighted by Gasteiger charge is -2.35. The molecule has 1 aromatic rings. The number of alkyl halides is 1. The number of nitrogens with one attached hydrogen (secondary N) is 1. The Morgan fingerprint density at radius 3 is 2.72 bits per heavy atom. The molecular weight excluding hydrogens is 234 g/mol. The highest BCUT2D eigenvalue weighted by Gasteiger charge is 2.23. The molecule has 1 heterocycles. The Hall–Kier alpha value is -1.00. The Morgan fingerprint density at radius 1 is 1.33 bits per heavy atom. The first kappa shape index (κ1) is 13.4. The van der Waals surface area contributed by atoms with Crippen LogP contribution < -0.4 is 5.32 Å². The van der Waals surface area contributed by atoms with E-state index in [4.69, 9.17) is 0 Å². The van der Waals surface area contributed by atoms with E-state index in [1.165, 1.54) is 6.07 Å². The van der Waals surface area contributed by atoms with Crippen molar-refractivity contribution in [3.63, 3.8) is 0 Å². The molecule has 100 valence electrons. The molecule has 0 amide bonds. The number of nitrogens with zero attached hydrogens (tertiary/aromatic N) is 1. The van der Waals surface area contributed by atoms with Crippen LogP contribution in [0.4, 0.5) is 8.78 Å². The van der Waals surface area contributed by atoms with Gasteiger partial charge < -0.3 is 5.32 Å². The lowest BCUT2D eigenvalue weighted by atomic mass is 9.97. The molecule has 1 atom stereocenters. The molecule has 0 unspecified atom stereocenters. The molecule has 18 heavy (non-hydrogen) atoms. The largest absolute Gasteiger partial charge is 0.314 e. The third-order valence-corrected chi connectivity index (χ3v) is 3.58. The van der Waals surface area contributed by atoms with E-state index in [2.05, 4.69) is 10.2 Å². The van der Waals surface area contributed by atoms with Gasteiger partial charge in [0.2, 0.25) is 0 Å². The summed E-state index contributed by atoms with van der Waals surface area (Å²) in [6.45, 7) is 5.20. The number of hydrogen-bond donors (Lipinski definition) is 1. The first-order chi connectivity index (χ1) is 8.72. The maximum absolute atomic E-state index is 13.4. The molecule has 0 saturated carbocycles. The van der Waals surface area contributed by atoms with Gasteiger partial charge in [-0.05, 0) is 36.6 Å². The monoisotopic (exact) mass is 254 g/mol. The fraction of sp³-hybridized carbons (Fsp3) is 0.571. The summed E-state index contributed by atoms with van der Waals surface area (Å²) in [5, 5.41) is 3.28. The molecule has 1 N–H and O–H groups in total. The van der Waals surface area contributed by atoms with Crippen LogP contribution >= 0.6 is 0 Å². The summed E-state index contributed by atoms with van der Waals surface area (Å²) in [4.78, 5) is 2.25. The van der Waals surface area contributed by atoms with E-state index in [1.54, 1.807) is 12.1 Å². The molecule has 0 aromatic heterocycles. The van der Waals surface area contributed by atoms with Gasteiger partial charge in [0.15, 0.2) is 0 Å². The van der Waals surface area contributed by atoms with Crippen LogP contribution in [-0.2, 0) is 0 Å². The lowest BCUT2D eigenvalue weighted by molar-refractivity contribution is 0.157. The third-order valence-electron chi connectivity index (χ3n) is 3.58. The Morgan fingerprint density at radius 2 is 2.06 bits per heavy atom. The molecule has 1 aliphatic heterocycles. The van der Waals surface area contributed by atoms with E-state index in [0.29, 0.717) is 6.42 Å².